The normalized spacial score (nSPS) is 15.9. The SMILES string of the molecule is COCCNC(=O)COc1ccc2c(c1)C(c1ccccc1)N(C(=O)C(C)(C)C)CC2. The Balaban J connectivity index is 1.87. The van der Waals surface area contributed by atoms with Crippen LogP contribution in [0.4, 0.5) is 0 Å². The minimum Gasteiger partial charge on any atom is -0.484 e. The summed E-state index contributed by atoms with van der Waals surface area (Å²) in [4.78, 5) is 27.2. The summed E-state index contributed by atoms with van der Waals surface area (Å²) in [6.07, 6.45) is 0.790. The number of nitrogens with one attached hydrogen (secondary N) is 1. The van der Waals surface area contributed by atoms with Crippen molar-refractivity contribution in [1.29, 1.82) is 0 Å². The fourth-order valence-corrected chi connectivity index (χ4v) is 3.82. The van der Waals surface area contributed by atoms with Crippen LogP contribution in [0.3, 0.4) is 0 Å². The van der Waals surface area contributed by atoms with E-state index in [0.29, 0.717) is 25.4 Å². The van der Waals surface area contributed by atoms with Crippen molar-refractivity contribution in [2.45, 2.75) is 33.2 Å². The van der Waals surface area contributed by atoms with Gasteiger partial charge in [-0.25, -0.2) is 0 Å². The Morgan fingerprint density at radius 1 is 1.13 bits per heavy atom. The largest absolute Gasteiger partial charge is 0.484 e. The minimum atomic E-state index is -0.473. The Kier molecular flexibility index (Phi) is 7.33. The van der Waals surface area contributed by atoms with Gasteiger partial charge in [-0.1, -0.05) is 57.2 Å². The molecule has 0 radical (unpaired) electrons. The Bertz CT molecular complexity index is 905. The van der Waals surface area contributed by atoms with E-state index in [0.717, 1.165) is 17.5 Å². The van der Waals surface area contributed by atoms with Gasteiger partial charge >= 0.3 is 0 Å². The molecule has 1 N–H and O–H groups in total. The zero-order valence-electron chi connectivity index (χ0n) is 18.8. The molecule has 0 fully saturated rings. The zero-order valence-corrected chi connectivity index (χ0v) is 18.8. The van der Waals surface area contributed by atoms with Crippen LogP contribution in [0.5, 0.6) is 5.75 Å². The molecule has 0 spiro atoms. The number of ether oxygens (including phenoxy) is 2. The molecular weight excluding hydrogens is 392 g/mol. The molecule has 0 aromatic heterocycles. The number of benzene rings is 2. The summed E-state index contributed by atoms with van der Waals surface area (Å²) in [6.45, 7) is 7.37. The van der Waals surface area contributed by atoms with Crippen molar-refractivity contribution in [1.82, 2.24) is 10.2 Å². The fraction of sp³-hybridized carbons (Fsp3) is 0.440. The van der Waals surface area contributed by atoms with Crippen molar-refractivity contribution >= 4 is 11.8 Å². The third-order valence-electron chi connectivity index (χ3n) is 5.36. The second-order valence-electron chi connectivity index (χ2n) is 8.80. The summed E-state index contributed by atoms with van der Waals surface area (Å²) in [7, 11) is 1.59. The molecule has 1 unspecified atom stereocenters. The molecule has 166 valence electrons. The average molecular weight is 425 g/mol. The monoisotopic (exact) mass is 424 g/mol. The first-order chi connectivity index (χ1) is 14.8. The Morgan fingerprint density at radius 3 is 2.55 bits per heavy atom. The van der Waals surface area contributed by atoms with Crippen LogP contribution in [-0.2, 0) is 20.7 Å². The predicted molar refractivity (Wildman–Crippen MR) is 120 cm³/mol. The quantitative estimate of drug-likeness (QED) is 0.692. The molecule has 3 rings (SSSR count). The second kappa shape index (κ2) is 9.96. The lowest BCUT2D eigenvalue weighted by Gasteiger charge is -2.41. The number of hydrogen-bond donors (Lipinski definition) is 1. The molecule has 1 aliphatic rings. The highest BCUT2D eigenvalue weighted by atomic mass is 16.5. The molecule has 6 nitrogen and oxygen atoms in total. The number of nitrogens with zero attached hydrogens (tertiary/aromatic N) is 1. The lowest BCUT2D eigenvalue weighted by Crippen LogP contribution is -2.45. The van der Waals surface area contributed by atoms with E-state index >= 15 is 0 Å². The molecule has 0 saturated heterocycles. The maximum absolute atomic E-state index is 13.3. The van der Waals surface area contributed by atoms with Gasteiger partial charge in [-0.2, -0.15) is 0 Å². The van der Waals surface area contributed by atoms with Gasteiger partial charge in [0.05, 0.1) is 12.6 Å². The van der Waals surface area contributed by atoms with E-state index in [1.807, 2.05) is 62.1 Å². The van der Waals surface area contributed by atoms with Crippen molar-refractivity contribution < 1.29 is 19.1 Å². The van der Waals surface area contributed by atoms with Crippen LogP contribution in [-0.4, -0.2) is 50.1 Å². The summed E-state index contributed by atoms with van der Waals surface area (Å²) in [5.41, 5.74) is 2.84. The van der Waals surface area contributed by atoms with Gasteiger partial charge in [-0.3, -0.25) is 9.59 Å². The summed E-state index contributed by atoms with van der Waals surface area (Å²) in [5, 5.41) is 2.75. The number of rotatable bonds is 7. The maximum Gasteiger partial charge on any atom is 0.258 e. The van der Waals surface area contributed by atoms with Crippen LogP contribution in [0.25, 0.3) is 0 Å². The topological polar surface area (TPSA) is 67.9 Å². The highest BCUT2D eigenvalue weighted by Crippen LogP contribution is 2.39. The van der Waals surface area contributed by atoms with E-state index in [9.17, 15) is 9.59 Å². The lowest BCUT2D eigenvalue weighted by molar-refractivity contribution is -0.141. The first-order valence-corrected chi connectivity index (χ1v) is 10.7. The Hall–Kier alpha value is -2.86. The van der Waals surface area contributed by atoms with E-state index < -0.39 is 5.41 Å². The summed E-state index contributed by atoms with van der Waals surface area (Å²) in [6, 6.07) is 15.8. The number of methoxy groups -OCH3 is 1. The molecule has 6 heteroatoms. The fourth-order valence-electron chi connectivity index (χ4n) is 3.82. The van der Waals surface area contributed by atoms with E-state index in [-0.39, 0.29) is 24.5 Å². The van der Waals surface area contributed by atoms with Crippen LogP contribution in [0.2, 0.25) is 0 Å². The van der Waals surface area contributed by atoms with Gasteiger partial charge in [-0.05, 0) is 35.2 Å². The average Bonchev–Trinajstić information content (AvgIpc) is 2.76. The van der Waals surface area contributed by atoms with E-state index in [2.05, 4.69) is 17.4 Å². The molecular formula is C25H32N2O4. The van der Waals surface area contributed by atoms with Crippen molar-refractivity contribution in [3.05, 3.63) is 65.2 Å². The summed E-state index contributed by atoms with van der Waals surface area (Å²) < 4.78 is 10.7. The lowest BCUT2D eigenvalue weighted by atomic mass is 9.85. The molecule has 0 aliphatic carbocycles. The predicted octanol–water partition coefficient (Wildman–Crippen LogP) is 3.35. The molecule has 1 aliphatic heterocycles. The van der Waals surface area contributed by atoms with Gasteiger partial charge in [0, 0.05) is 25.6 Å². The zero-order chi connectivity index (χ0) is 22.4. The van der Waals surface area contributed by atoms with Crippen molar-refractivity contribution in [3.63, 3.8) is 0 Å². The number of carbonyl (C=O) groups is 2. The molecule has 2 amide bonds. The van der Waals surface area contributed by atoms with Crippen LogP contribution >= 0.6 is 0 Å². The molecule has 0 saturated carbocycles. The standard InChI is InChI=1S/C25H32N2O4/c1-25(2,3)24(29)27-14-12-18-10-11-20(31-17-22(28)26-13-15-30-4)16-21(18)23(27)19-8-6-5-7-9-19/h5-11,16,23H,12-15,17H2,1-4H3,(H,26,28). The third-order valence-corrected chi connectivity index (χ3v) is 5.36. The van der Waals surface area contributed by atoms with Crippen LogP contribution in [0, 0.1) is 5.41 Å². The minimum absolute atomic E-state index is 0.0663. The van der Waals surface area contributed by atoms with Crippen LogP contribution < -0.4 is 10.1 Å². The van der Waals surface area contributed by atoms with Gasteiger partial charge in [0.1, 0.15) is 5.75 Å². The van der Waals surface area contributed by atoms with E-state index in [4.69, 9.17) is 9.47 Å². The van der Waals surface area contributed by atoms with E-state index in [1.54, 1.807) is 7.11 Å². The highest BCUT2D eigenvalue weighted by molar-refractivity contribution is 5.83. The molecule has 1 heterocycles. The molecule has 1 atom stereocenters. The number of hydrogen-bond acceptors (Lipinski definition) is 4. The summed E-state index contributed by atoms with van der Waals surface area (Å²) >= 11 is 0. The van der Waals surface area contributed by atoms with Crippen LogP contribution in [0.15, 0.2) is 48.5 Å². The van der Waals surface area contributed by atoms with Crippen LogP contribution in [0.1, 0.15) is 43.5 Å². The van der Waals surface area contributed by atoms with Crippen molar-refractivity contribution in [2.75, 3.05) is 33.4 Å². The number of amides is 2. The Morgan fingerprint density at radius 2 is 1.87 bits per heavy atom. The first-order valence-electron chi connectivity index (χ1n) is 10.7. The molecule has 2 aromatic rings. The Labute approximate surface area is 184 Å². The van der Waals surface area contributed by atoms with Crippen molar-refractivity contribution in [2.24, 2.45) is 5.41 Å². The summed E-state index contributed by atoms with van der Waals surface area (Å²) in [5.74, 6) is 0.543. The molecule has 2 aromatic carbocycles. The van der Waals surface area contributed by atoms with Gasteiger partial charge in [0.15, 0.2) is 6.61 Å². The van der Waals surface area contributed by atoms with Gasteiger partial charge < -0.3 is 19.7 Å². The number of carbonyl (C=O) groups excluding carboxylic acids is 2. The van der Waals surface area contributed by atoms with Gasteiger partial charge in [0.2, 0.25) is 5.91 Å². The number of fused-ring (bicyclic) bond motifs is 1. The molecule has 0 bridgehead atoms. The third kappa shape index (κ3) is 5.64. The van der Waals surface area contributed by atoms with Gasteiger partial charge in [-0.15, -0.1) is 0 Å². The highest BCUT2D eigenvalue weighted by Gasteiger charge is 2.37. The second-order valence-corrected chi connectivity index (χ2v) is 8.80. The smallest absolute Gasteiger partial charge is 0.258 e. The first kappa shape index (κ1) is 22.8. The van der Waals surface area contributed by atoms with Gasteiger partial charge in [0.25, 0.3) is 5.91 Å². The van der Waals surface area contributed by atoms with Crippen molar-refractivity contribution in [3.8, 4) is 5.75 Å². The van der Waals surface area contributed by atoms with E-state index in [1.165, 1.54) is 5.56 Å². The maximum atomic E-state index is 13.3. The molecule has 31 heavy (non-hydrogen) atoms.